The highest BCUT2D eigenvalue weighted by Crippen LogP contribution is 2.32. The number of benzene rings is 1. The van der Waals surface area contributed by atoms with E-state index in [-0.39, 0.29) is 27.1 Å². The average molecular weight is 305 g/mol. The van der Waals surface area contributed by atoms with Gasteiger partial charge in [0, 0.05) is 17.9 Å². The van der Waals surface area contributed by atoms with Crippen LogP contribution in [0.3, 0.4) is 0 Å². The first-order chi connectivity index (χ1) is 8.82. The van der Waals surface area contributed by atoms with E-state index >= 15 is 0 Å². The number of rotatable bonds is 3. The number of nitrogens with zero attached hydrogens (tertiary/aromatic N) is 1. The lowest BCUT2D eigenvalue weighted by atomic mass is 10.1. The molecule has 1 heterocycles. The molecule has 2 rings (SSSR count). The Morgan fingerprint density at radius 1 is 1.37 bits per heavy atom. The Hall–Kier alpha value is -1.60. The van der Waals surface area contributed by atoms with Crippen molar-refractivity contribution in [3.05, 3.63) is 29.0 Å². The van der Waals surface area contributed by atoms with Crippen LogP contribution in [0.5, 0.6) is 5.75 Å². The van der Waals surface area contributed by atoms with Crippen molar-refractivity contribution in [2.45, 2.75) is 5.03 Å². The van der Waals surface area contributed by atoms with E-state index in [1.807, 2.05) is 0 Å². The van der Waals surface area contributed by atoms with Crippen molar-refractivity contribution in [3.8, 4) is 17.0 Å². The summed E-state index contributed by atoms with van der Waals surface area (Å²) in [6, 6.07) is 3.70. The Kier molecular flexibility index (Phi) is 3.51. The predicted octanol–water partition coefficient (Wildman–Crippen LogP) is 2.28. The SMILES string of the molecule is COc1cc(-c2cc(S(C)(=O)=O)[nH]n2)c(F)cc1Cl. The molecule has 0 spiro atoms. The van der Waals surface area contributed by atoms with Crippen molar-refractivity contribution in [1.82, 2.24) is 10.2 Å². The summed E-state index contributed by atoms with van der Waals surface area (Å²) >= 11 is 5.78. The summed E-state index contributed by atoms with van der Waals surface area (Å²) < 4.78 is 41.5. The largest absolute Gasteiger partial charge is 0.495 e. The maximum absolute atomic E-state index is 13.8. The monoisotopic (exact) mass is 304 g/mol. The zero-order valence-electron chi connectivity index (χ0n) is 10.1. The average Bonchev–Trinajstić information content (AvgIpc) is 2.78. The Balaban J connectivity index is 2.56. The topological polar surface area (TPSA) is 72.1 Å². The quantitative estimate of drug-likeness (QED) is 0.944. The lowest BCUT2D eigenvalue weighted by Crippen LogP contribution is -1.96. The number of sulfone groups is 1. The summed E-state index contributed by atoms with van der Waals surface area (Å²) in [5.41, 5.74) is 0.264. The van der Waals surface area contributed by atoms with Gasteiger partial charge in [-0.2, -0.15) is 5.10 Å². The van der Waals surface area contributed by atoms with Gasteiger partial charge in [0.05, 0.1) is 17.8 Å². The number of H-pyrrole nitrogens is 1. The zero-order chi connectivity index (χ0) is 14.2. The number of hydrogen-bond acceptors (Lipinski definition) is 4. The second-order valence-electron chi connectivity index (χ2n) is 3.86. The van der Waals surface area contributed by atoms with Crippen molar-refractivity contribution >= 4 is 21.4 Å². The van der Waals surface area contributed by atoms with Gasteiger partial charge in [0.15, 0.2) is 14.9 Å². The summed E-state index contributed by atoms with van der Waals surface area (Å²) in [7, 11) is -2.03. The highest BCUT2D eigenvalue weighted by atomic mass is 35.5. The second kappa shape index (κ2) is 4.82. The third kappa shape index (κ3) is 2.71. The van der Waals surface area contributed by atoms with Crippen molar-refractivity contribution < 1.29 is 17.5 Å². The Labute approximate surface area is 114 Å². The third-order valence-electron chi connectivity index (χ3n) is 2.47. The van der Waals surface area contributed by atoms with Gasteiger partial charge in [-0.1, -0.05) is 11.6 Å². The van der Waals surface area contributed by atoms with Gasteiger partial charge in [-0.05, 0) is 12.1 Å². The van der Waals surface area contributed by atoms with E-state index in [1.54, 1.807) is 0 Å². The Bertz CT molecular complexity index is 728. The fourth-order valence-corrected chi connectivity index (χ4v) is 2.28. The summed E-state index contributed by atoms with van der Waals surface area (Å²) in [4.78, 5) is 0. The van der Waals surface area contributed by atoms with Gasteiger partial charge in [-0.15, -0.1) is 0 Å². The molecular weight excluding hydrogens is 295 g/mol. The van der Waals surface area contributed by atoms with Gasteiger partial charge < -0.3 is 4.74 Å². The molecule has 0 amide bonds. The molecule has 0 fully saturated rings. The normalized spacial score (nSPS) is 11.6. The van der Waals surface area contributed by atoms with Crippen LogP contribution < -0.4 is 4.74 Å². The first-order valence-electron chi connectivity index (χ1n) is 5.12. The molecule has 0 saturated carbocycles. The minimum absolute atomic E-state index is 0.0872. The number of ether oxygens (including phenoxy) is 1. The van der Waals surface area contributed by atoms with Crippen LogP contribution in [-0.2, 0) is 9.84 Å². The molecule has 0 radical (unpaired) electrons. The van der Waals surface area contributed by atoms with E-state index in [9.17, 15) is 12.8 Å². The number of nitrogens with one attached hydrogen (secondary N) is 1. The molecule has 19 heavy (non-hydrogen) atoms. The lowest BCUT2D eigenvalue weighted by Gasteiger charge is -2.06. The highest BCUT2D eigenvalue weighted by Gasteiger charge is 2.16. The van der Waals surface area contributed by atoms with Gasteiger partial charge in [0.25, 0.3) is 0 Å². The van der Waals surface area contributed by atoms with E-state index < -0.39 is 15.7 Å². The molecule has 8 heteroatoms. The molecule has 0 aliphatic carbocycles. The van der Waals surface area contributed by atoms with Crippen LogP contribution in [0.4, 0.5) is 4.39 Å². The first kappa shape index (κ1) is 13.8. The van der Waals surface area contributed by atoms with Crippen LogP contribution in [0, 0.1) is 5.82 Å². The maximum Gasteiger partial charge on any atom is 0.192 e. The van der Waals surface area contributed by atoms with Crippen LogP contribution in [-0.4, -0.2) is 32.0 Å². The number of halogens is 2. The minimum Gasteiger partial charge on any atom is -0.495 e. The van der Waals surface area contributed by atoms with E-state index in [4.69, 9.17) is 16.3 Å². The van der Waals surface area contributed by atoms with Crippen molar-refractivity contribution in [3.63, 3.8) is 0 Å². The summed E-state index contributed by atoms with van der Waals surface area (Å²) in [6.45, 7) is 0. The summed E-state index contributed by atoms with van der Waals surface area (Å²) in [6.07, 6.45) is 1.03. The van der Waals surface area contributed by atoms with Crippen LogP contribution in [0.2, 0.25) is 5.02 Å². The highest BCUT2D eigenvalue weighted by molar-refractivity contribution is 7.90. The van der Waals surface area contributed by atoms with E-state index in [2.05, 4.69) is 10.2 Å². The lowest BCUT2D eigenvalue weighted by molar-refractivity contribution is 0.414. The van der Waals surface area contributed by atoms with Gasteiger partial charge in [0.2, 0.25) is 0 Å². The molecule has 2 aromatic rings. The standard InChI is InChI=1S/C11H10ClFN2O3S/c1-18-10-3-6(8(13)4-7(10)12)9-5-11(15-14-9)19(2,16)17/h3-5H,1-2H3,(H,14,15). The molecule has 0 bridgehead atoms. The third-order valence-corrected chi connectivity index (χ3v) is 3.77. The molecule has 0 unspecified atom stereocenters. The molecule has 0 atom stereocenters. The maximum atomic E-state index is 13.8. The molecule has 0 aliphatic heterocycles. The Morgan fingerprint density at radius 3 is 2.58 bits per heavy atom. The molecule has 0 aliphatic rings. The number of hydrogen-bond donors (Lipinski definition) is 1. The molecule has 1 aromatic heterocycles. The van der Waals surface area contributed by atoms with Crippen molar-refractivity contribution in [1.29, 1.82) is 0 Å². The molecule has 1 N–H and O–H groups in total. The zero-order valence-corrected chi connectivity index (χ0v) is 11.6. The summed E-state index contributed by atoms with van der Waals surface area (Å²) in [5, 5.41) is 6.16. The van der Waals surface area contributed by atoms with Crippen LogP contribution in [0.1, 0.15) is 0 Å². The van der Waals surface area contributed by atoms with Crippen LogP contribution in [0.25, 0.3) is 11.3 Å². The minimum atomic E-state index is -3.42. The van der Waals surface area contributed by atoms with Crippen molar-refractivity contribution in [2.75, 3.05) is 13.4 Å². The molecule has 1 aromatic carbocycles. The number of methoxy groups -OCH3 is 1. The molecule has 0 saturated heterocycles. The molecule has 102 valence electrons. The molecule has 5 nitrogen and oxygen atoms in total. The van der Waals surface area contributed by atoms with Gasteiger partial charge in [-0.25, -0.2) is 12.8 Å². The number of aromatic amines is 1. The van der Waals surface area contributed by atoms with Crippen LogP contribution in [0.15, 0.2) is 23.2 Å². The first-order valence-corrected chi connectivity index (χ1v) is 7.38. The van der Waals surface area contributed by atoms with Gasteiger partial charge in [0.1, 0.15) is 11.6 Å². The Morgan fingerprint density at radius 2 is 2.05 bits per heavy atom. The fraction of sp³-hybridized carbons (Fsp3) is 0.182. The number of aromatic nitrogens is 2. The summed E-state index contributed by atoms with van der Waals surface area (Å²) in [5.74, 6) is -0.334. The van der Waals surface area contributed by atoms with E-state index in [1.165, 1.54) is 19.2 Å². The van der Waals surface area contributed by atoms with Crippen molar-refractivity contribution in [2.24, 2.45) is 0 Å². The predicted molar refractivity (Wildman–Crippen MR) is 68.7 cm³/mol. The van der Waals surface area contributed by atoms with E-state index in [0.717, 1.165) is 12.3 Å². The smallest absolute Gasteiger partial charge is 0.192 e. The second-order valence-corrected chi connectivity index (χ2v) is 6.25. The van der Waals surface area contributed by atoms with Crippen LogP contribution >= 0.6 is 11.6 Å². The molecular formula is C11H10ClFN2O3S. The van der Waals surface area contributed by atoms with Gasteiger partial charge >= 0.3 is 0 Å². The van der Waals surface area contributed by atoms with Gasteiger partial charge in [-0.3, -0.25) is 5.10 Å². The van der Waals surface area contributed by atoms with E-state index in [0.29, 0.717) is 0 Å². The fourth-order valence-electron chi connectivity index (χ4n) is 1.51.